The van der Waals surface area contributed by atoms with Crippen molar-refractivity contribution in [3.05, 3.63) is 60.2 Å². The van der Waals surface area contributed by atoms with Crippen LogP contribution in [0.15, 0.2) is 48.5 Å². The van der Waals surface area contributed by atoms with Gasteiger partial charge in [0, 0.05) is 31.9 Å². The Morgan fingerprint density at radius 1 is 1.00 bits per heavy atom. The number of benzene rings is 2. The van der Waals surface area contributed by atoms with Gasteiger partial charge in [0.25, 0.3) is 0 Å². The van der Waals surface area contributed by atoms with Crippen molar-refractivity contribution < 1.29 is 18.4 Å². The second kappa shape index (κ2) is 9.58. The van der Waals surface area contributed by atoms with Crippen molar-refractivity contribution in [3.63, 3.8) is 0 Å². The van der Waals surface area contributed by atoms with Crippen LogP contribution < -0.4 is 10.6 Å². The SMILES string of the molecule is C[C@@H](C(=O)Nc1ccccc1F)N1CCN(CC(=O)Nc2cccc(F)c2)CC1. The van der Waals surface area contributed by atoms with E-state index >= 15 is 0 Å². The van der Waals surface area contributed by atoms with Gasteiger partial charge < -0.3 is 10.6 Å². The van der Waals surface area contributed by atoms with Crippen molar-refractivity contribution in [2.24, 2.45) is 0 Å². The van der Waals surface area contributed by atoms with Crippen LogP contribution in [-0.4, -0.2) is 60.4 Å². The summed E-state index contributed by atoms with van der Waals surface area (Å²) >= 11 is 0. The van der Waals surface area contributed by atoms with E-state index in [4.69, 9.17) is 0 Å². The third kappa shape index (κ3) is 5.82. The number of rotatable bonds is 6. The highest BCUT2D eigenvalue weighted by Crippen LogP contribution is 2.15. The summed E-state index contributed by atoms with van der Waals surface area (Å²) in [6.45, 7) is 4.43. The third-order valence-corrected chi connectivity index (χ3v) is 4.94. The van der Waals surface area contributed by atoms with Crippen molar-refractivity contribution in [2.75, 3.05) is 43.4 Å². The third-order valence-electron chi connectivity index (χ3n) is 4.94. The van der Waals surface area contributed by atoms with E-state index < -0.39 is 17.7 Å². The van der Waals surface area contributed by atoms with E-state index in [1.165, 1.54) is 30.3 Å². The minimum atomic E-state index is -0.470. The Bertz CT molecular complexity index is 869. The fraction of sp³-hybridized carbons (Fsp3) is 0.333. The van der Waals surface area contributed by atoms with Crippen LogP contribution >= 0.6 is 0 Å². The second-order valence-electron chi connectivity index (χ2n) is 7.02. The zero-order chi connectivity index (χ0) is 20.8. The van der Waals surface area contributed by atoms with Gasteiger partial charge in [-0.15, -0.1) is 0 Å². The zero-order valence-electron chi connectivity index (χ0n) is 16.2. The average Bonchev–Trinajstić information content (AvgIpc) is 2.69. The molecular weight excluding hydrogens is 378 g/mol. The Morgan fingerprint density at radius 2 is 1.72 bits per heavy atom. The van der Waals surface area contributed by atoms with E-state index in [1.54, 1.807) is 25.1 Å². The molecule has 0 saturated carbocycles. The first-order valence-electron chi connectivity index (χ1n) is 9.49. The first kappa shape index (κ1) is 20.9. The molecule has 2 amide bonds. The molecule has 29 heavy (non-hydrogen) atoms. The van der Waals surface area contributed by atoms with E-state index in [1.807, 2.05) is 9.80 Å². The van der Waals surface area contributed by atoms with Crippen LogP contribution in [-0.2, 0) is 9.59 Å². The maximum Gasteiger partial charge on any atom is 0.241 e. The zero-order valence-corrected chi connectivity index (χ0v) is 16.2. The number of hydrogen-bond acceptors (Lipinski definition) is 4. The maximum atomic E-state index is 13.7. The van der Waals surface area contributed by atoms with Gasteiger partial charge in [0.15, 0.2) is 0 Å². The van der Waals surface area contributed by atoms with E-state index in [-0.39, 0.29) is 24.0 Å². The number of anilines is 2. The van der Waals surface area contributed by atoms with Crippen LogP contribution in [0.4, 0.5) is 20.2 Å². The predicted octanol–water partition coefficient (Wildman–Crippen LogP) is 2.55. The minimum absolute atomic E-state index is 0.164. The van der Waals surface area contributed by atoms with Crippen molar-refractivity contribution in [3.8, 4) is 0 Å². The Hall–Kier alpha value is -2.84. The molecule has 154 valence electrons. The minimum Gasteiger partial charge on any atom is -0.325 e. The van der Waals surface area contributed by atoms with E-state index in [0.29, 0.717) is 31.9 Å². The molecule has 0 aromatic heterocycles. The highest BCUT2D eigenvalue weighted by atomic mass is 19.1. The maximum absolute atomic E-state index is 13.7. The molecule has 1 atom stereocenters. The Balaban J connectivity index is 1.45. The summed E-state index contributed by atoms with van der Waals surface area (Å²) in [5.74, 6) is -1.36. The molecule has 1 heterocycles. The molecule has 2 aromatic carbocycles. The summed E-state index contributed by atoms with van der Waals surface area (Å²) in [5, 5.41) is 5.30. The summed E-state index contributed by atoms with van der Waals surface area (Å²) in [6, 6.07) is 11.4. The quantitative estimate of drug-likeness (QED) is 0.780. The Kier molecular flexibility index (Phi) is 6.90. The molecule has 2 N–H and O–H groups in total. The van der Waals surface area contributed by atoms with Crippen molar-refractivity contribution in [2.45, 2.75) is 13.0 Å². The van der Waals surface area contributed by atoms with Crippen LogP contribution in [0, 0.1) is 11.6 Å². The molecule has 0 bridgehead atoms. The topological polar surface area (TPSA) is 64.7 Å². The molecule has 8 heteroatoms. The number of nitrogens with one attached hydrogen (secondary N) is 2. The Labute approximate surface area is 168 Å². The summed E-state index contributed by atoms with van der Waals surface area (Å²) < 4.78 is 26.9. The second-order valence-corrected chi connectivity index (χ2v) is 7.02. The molecule has 1 saturated heterocycles. The molecule has 6 nitrogen and oxygen atoms in total. The number of amides is 2. The molecule has 0 unspecified atom stereocenters. The van der Waals surface area contributed by atoms with Gasteiger partial charge in [0.1, 0.15) is 11.6 Å². The lowest BCUT2D eigenvalue weighted by atomic mass is 10.2. The first-order chi connectivity index (χ1) is 13.9. The molecule has 0 spiro atoms. The molecule has 2 aromatic rings. The first-order valence-corrected chi connectivity index (χ1v) is 9.49. The van der Waals surface area contributed by atoms with Crippen LogP contribution in [0.1, 0.15) is 6.92 Å². The monoisotopic (exact) mass is 402 g/mol. The molecule has 0 aliphatic carbocycles. The lowest BCUT2D eigenvalue weighted by Crippen LogP contribution is -2.53. The fourth-order valence-electron chi connectivity index (χ4n) is 3.24. The summed E-state index contributed by atoms with van der Waals surface area (Å²) in [5.41, 5.74) is 0.587. The number of carbonyl (C=O) groups excluding carboxylic acids is 2. The number of nitrogens with zero attached hydrogens (tertiary/aromatic N) is 2. The van der Waals surface area contributed by atoms with Gasteiger partial charge in [-0.2, -0.15) is 0 Å². The predicted molar refractivity (Wildman–Crippen MR) is 108 cm³/mol. The summed E-state index contributed by atoms with van der Waals surface area (Å²) in [4.78, 5) is 28.6. The van der Waals surface area contributed by atoms with Crippen molar-refractivity contribution in [1.82, 2.24) is 9.80 Å². The molecule has 1 aliphatic rings. The molecule has 3 rings (SSSR count). The molecule has 0 radical (unpaired) electrons. The lowest BCUT2D eigenvalue weighted by molar-refractivity contribution is -0.122. The molecular formula is C21H24F2N4O2. The average molecular weight is 402 g/mol. The summed E-state index contributed by atoms with van der Waals surface area (Å²) in [7, 11) is 0. The Morgan fingerprint density at radius 3 is 2.41 bits per heavy atom. The van der Waals surface area contributed by atoms with Crippen LogP contribution in [0.2, 0.25) is 0 Å². The molecule has 1 fully saturated rings. The van der Waals surface area contributed by atoms with Gasteiger partial charge in [-0.1, -0.05) is 18.2 Å². The van der Waals surface area contributed by atoms with Crippen molar-refractivity contribution >= 4 is 23.2 Å². The van der Waals surface area contributed by atoms with Crippen LogP contribution in [0.5, 0.6) is 0 Å². The number of para-hydroxylation sites is 1. The lowest BCUT2D eigenvalue weighted by Gasteiger charge is -2.37. The number of carbonyl (C=O) groups is 2. The summed E-state index contributed by atoms with van der Waals surface area (Å²) in [6.07, 6.45) is 0. The van der Waals surface area contributed by atoms with E-state index in [0.717, 1.165) is 0 Å². The van der Waals surface area contributed by atoms with Gasteiger partial charge in [-0.05, 0) is 37.3 Å². The van der Waals surface area contributed by atoms with E-state index in [2.05, 4.69) is 10.6 Å². The number of halogens is 2. The normalized spacial score (nSPS) is 16.2. The van der Waals surface area contributed by atoms with Crippen LogP contribution in [0.25, 0.3) is 0 Å². The smallest absolute Gasteiger partial charge is 0.241 e. The number of piperazine rings is 1. The van der Waals surface area contributed by atoms with Gasteiger partial charge in [0.2, 0.25) is 11.8 Å². The van der Waals surface area contributed by atoms with Gasteiger partial charge in [-0.3, -0.25) is 19.4 Å². The van der Waals surface area contributed by atoms with Crippen molar-refractivity contribution in [1.29, 1.82) is 0 Å². The molecule has 1 aliphatic heterocycles. The highest BCUT2D eigenvalue weighted by Gasteiger charge is 2.26. The van der Waals surface area contributed by atoms with Gasteiger partial charge in [0.05, 0.1) is 18.3 Å². The van der Waals surface area contributed by atoms with Crippen LogP contribution in [0.3, 0.4) is 0 Å². The van der Waals surface area contributed by atoms with E-state index in [9.17, 15) is 18.4 Å². The highest BCUT2D eigenvalue weighted by molar-refractivity contribution is 5.94. The fourth-order valence-corrected chi connectivity index (χ4v) is 3.24. The van der Waals surface area contributed by atoms with Gasteiger partial charge in [-0.25, -0.2) is 8.78 Å². The standard InChI is InChI=1S/C21H24F2N4O2/c1-15(21(29)25-19-8-3-2-7-18(19)23)27-11-9-26(10-12-27)14-20(28)24-17-6-4-5-16(22)13-17/h2-8,13,15H,9-12,14H2,1H3,(H,24,28)(H,25,29)/t15-/m0/s1. The van der Waals surface area contributed by atoms with Gasteiger partial charge >= 0.3 is 0 Å². The largest absolute Gasteiger partial charge is 0.325 e. The number of hydrogen-bond donors (Lipinski definition) is 2.